The fraction of sp³-hybridized carbons (Fsp3) is 0.500. The number of carbonyl (C=O) groups excluding carboxylic acids is 3. The molecular formula is C6H9Cl3La2O6. The molecule has 17 heavy (non-hydrogen) atoms. The average molecular weight is 561 g/mol. The van der Waals surface area contributed by atoms with Gasteiger partial charge in [0.15, 0.2) is 0 Å². The monoisotopic (exact) mass is 560 g/mol. The third-order valence-electron chi connectivity index (χ3n) is 0. The molecule has 0 heterocycles. The minimum atomic E-state index is -1.08. The van der Waals surface area contributed by atoms with E-state index in [-0.39, 0.29) is 108 Å². The second-order valence-corrected chi connectivity index (χ2v) is 1.47. The number of hydrogen-bond acceptors (Lipinski definition) is 6. The number of carboxylic acids is 3. The van der Waals surface area contributed by atoms with Gasteiger partial charge in [0.2, 0.25) is 0 Å². The van der Waals surface area contributed by atoms with Gasteiger partial charge in [-0.1, -0.05) is 0 Å². The molecule has 0 aliphatic heterocycles. The summed E-state index contributed by atoms with van der Waals surface area (Å²) < 4.78 is 0. The fourth-order valence-electron chi connectivity index (χ4n) is 0. The molecule has 0 aliphatic carbocycles. The molecule has 0 spiro atoms. The van der Waals surface area contributed by atoms with Crippen molar-refractivity contribution < 1.29 is 138 Å². The molecule has 0 N–H and O–H groups in total. The largest absolute Gasteiger partial charge is 3.00 e. The summed E-state index contributed by atoms with van der Waals surface area (Å²) in [5.74, 6) is -3.25. The van der Waals surface area contributed by atoms with Crippen molar-refractivity contribution in [1.82, 2.24) is 0 Å². The predicted octanol–water partition coefficient (Wildman–Crippen LogP) is -12.7. The molecular weight excluding hydrogens is 552 g/mol. The molecule has 0 aromatic heterocycles. The van der Waals surface area contributed by atoms with Crippen LogP contribution in [0.4, 0.5) is 0 Å². The number of rotatable bonds is 0. The summed E-state index contributed by atoms with van der Waals surface area (Å²) in [6.45, 7) is 2.92. The normalized spacial score (nSPS) is 4.41. The molecule has 0 saturated heterocycles. The average Bonchev–Trinajstić information content (AvgIpc) is 1.54. The molecule has 0 rings (SSSR count). The van der Waals surface area contributed by atoms with Crippen LogP contribution >= 0.6 is 0 Å². The van der Waals surface area contributed by atoms with Crippen LogP contribution in [0, 0.1) is 71.2 Å². The van der Waals surface area contributed by atoms with Crippen molar-refractivity contribution in [3.63, 3.8) is 0 Å². The van der Waals surface area contributed by atoms with Gasteiger partial charge in [-0.15, -0.1) is 0 Å². The van der Waals surface area contributed by atoms with Gasteiger partial charge in [-0.25, -0.2) is 0 Å². The van der Waals surface area contributed by atoms with Crippen LogP contribution in [0.5, 0.6) is 0 Å². The number of hydrogen-bond donors (Lipinski definition) is 0. The van der Waals surface area contributed by atoms with Crippen LogP contribution in [0.3, 0.4) is 0 Å². The maximum absolute atomic E-state index is 8.89. The van der Waals surface area contributed by atoms with E-state index in [2.05, 4.69) is 0 Å². The maximum atomic E-state index is 8.89. The zero-order chi connectivity index (χ0) is 10.7. The number of halogens is 3. The van der Waals surface area contributed by atoms with E-state index in [4.69, 9.17) is 29.7 Å². The SMILES string of the molecule is CC(=O)[O-].CC(=O)[O-].CC(=O)[O-].[Cl-].[Cl-].[Cl-].[La+3].[La+3]. The standard InChI is InChI=1S/3C2H4O2.3ClH.2La/c3*1-2(3)4;;;;;/h3*1H3,(H,3,4);3*1H;;/q;;;;;;2*+3/p-6. The van der Waals surface area contributed by atoms with Gasteiger partial charge in [0.1, 0.15) is 0 Å². The second kappa shape index (κ2) is 43.1. The van der Waals surface area contributed by atoms with Gasteiger partial charge in [0.25, 0.3) is 0 Å². The first kappa shape index (κ1) is 51.2. The Labute approximate surface area is 174 Å². The van der Waals surface area contributed by atoms with Crippen LogP contribution < -0.4 is 52.5 Å². The zero-order valence-electron chi connectivity index (χ0n) is 9.24. The van der Waals surface area contributed by atoms with Crippen LogP contribution in [0.25, 0.3) is 0 Å². The van der Waals surface area contributed by atoms with Crippen molar-refractivity contribution in [2.75, 3.05) is 0 Å². The van der Waals surface area contributed by atoms with Gasteiger partial charge in [-0.2, -0.15) is 0 Å². The number of carbonyl (C=O) groups is 3. The molecule has 0 unspecified atom stereocenters. The number of carboxylic acid groups (broad SMARTS) is 3. The Morgan fingerprint density at radius 1 is 0.588 bits per heavy atom. The van der Waals surface area contributed by atoms with Crippen LogP contribution in [0.1, 0.15) is 20.8 Å². The molecule has 0 aromatic carbocycles. The summed E-state index contributed by atoms with van der Waals surface area (Å²) >= 11 is 0. The van der Waals surface area contributed by atoms with Gasteiger partial charge in [-0.3, -0.25) is 0 Å². The summed E-state index contributed by atoms with van der Waals surface area (Å²) in [5.41, 5.74) is 0. The quantitative estimate of drug-likeness (QED) is 0.290. The topological polar surface area (TPSA) is 120 Å². The van der Waals surface area contributed by atoms with E-state index in [1.807, 2.05) is 0 Å². The summed E-state index contributed by atoms with van der Waals surface area (Å²) in [7, 11) is 0. The van der Waals surface area contributed by atoms with Crippen LogP contribution in [0.15, 0.2) is 0 Å². The molecule has 0 atom stereocenters. The Hall–Kier alpha value is 1.67. The number of aliphatic carboxylic acids is 3. The summed E-state index contributed by atoms with van der Waals surface area (Å²) in [4.78, 5) is 26.7. The van der Waals surface area contributed by atoms with Crippen molar-refractivity contribution in [2.24, 2.45) is 0 Å². The van der Waals surface area contributed by atoms with Crippen LogP contribution in [-0.4, -0.2) is 17.9 Å². The van der Waals surface area contributed by atoms with E-state index >= 15 is 0 Å². The van der Waals surface area contributed by atoms with Crippen molar-refractivity contribution in [3.05, 3.63) is 0 Å². The zero-order valence-corrected chi connectivity index (χ0v) is 18.8. The Balaban J connectivity index is -0.0000000104. The molecule has 0 bridgehead atoms. The summed E-state index contributed by atoms with van der Waals surface area (Å²) in [6.07, 6.45) is 0. The van der Waals surface area contributed by atoms with Gasteiger partial charge >= 0.3 is 71.2 Å². The molecule has 6 nitrogen and oxygen atoms in total. The minimum absolute atomic E-state index is 0. The van der Waals surface area contributed by atoms with Gasteiger partial charge in [0, 0.05) is 17.9 Å². The molecule has 0 fully saturated rings. The second-order valence-electron chi connectivity index (χ2n) is 1.47. The van der Waals surface area contributed by atoms with E-state index < -0.39 is 17.9 Å². The van der Waals surface area contributed by atoms with Crippen molar-refractivity contribution in [3.8, 4) is 0 Å². The molecule has 0 aromatic rings. The fourth-order valence-corrected chi connectivity index (χ4v) is 0. The Morgan fingerprint density at radius 3 is 0.588 bits per heavy atom. The minimum Gasteiger partial charge on any atom is -1.00 e. The van der Waals surface area contributed by atoms with E-state index in [1.165, 1.54) is 0 Å². The molecule has 96 valence electrons. The Morgan fingerprint density at radius 2 is 0.588 bits per heavy atom. The predicted molar refractivity (Wildman–Crippen MR) is 32.0 cm³/mol. The summed E-state index contributed by atoms with van der Waals surface area (Å²) in [6, 6.07) is 0. The maximum Gasteiger partial charge on any atom is 3.00 e. The molecule has 0 amide bonds. The first-order valence-corrected chi connectivity index (χ1v) is 2.72. The van der Waals surface area contributed by atoms with Crippen molar-refractivity contribution in [1.29, 1.82) is 0 Å². The first-order valence-electron chi connectivity index (χ1n) is 2.72. The van der Waals surface area contributed by atoms with E-state index in [1.54, 1.807) is 0 Å². The third kappa shape index (κ3) is 1560. The van der Waals surface area contributed by atoms with E-state index in [9.17, 15) is 0 Å². The smallest absolute Gasteiger partial charge is 1.00 e. The molecule has 11 heteroatoms. The van der Waals surface area contributed by atoms with Gasteiger partial charge in [0.05, 0.1) is 0 Å². The van der Waals surface area contributed by atoms with Gasteiger partial charge < -0.3 is 66.9 Å². The van der Waals surface area contributed by atoms with Crippen molar-refractivity contribution >= 4 is 17.9 Å². The Bertz CT molecular complexity index is 129. The molecule has 0 aliphatic rings. The van der Waals surface area contributed by atoms with E-state index in [0.717, 1.165) is 20.8 Å². The third-order valence-corrected chi connectivity index (χ3v) is 0. The van der Waals surface area contributed by atoms with E-state index in [0.29, 0.717) is 0 Å². The van der Waals surface area contributed by atoms with Crippen molar-refractivity contribution in [2.45, 2.75) is 20.8 Å². The first-order chi connectivity index (χ1) is 5.20. The van der Waals surface area contributed by atoms with Gasteiger partial charge in [-0.05, 0) is 20.8 Å². The Kier molecular flexibility index (Phi) is 130. The molecule has 0 radical (unpaired) electrons. The van der Waals surface area contributed by atoms with Crippen LogP contribution in [-0.2, 0) is 14.4 Å². The molecule has 0 saturated carbocycles. The van der Waals surface area contributed by atoms with Crippen LogP contribution in [0.2, 0.25) is 0 Å². The summed E-state index contributed by atoms with van der Waals surface area (Å²) in [5, 5.41) is 26.7.